The highest BCUT2D eigenvalue weighted by Gasteiger charge is 2.34. The molecule has 4 aromatic carbocycles. The first-order chi connectivity index (χ1) is 18.2. The minimum Gasteiger partial charge on any atom is -0.497 e. The molecule has 2 heterocycles. The largest absolute Gasteiger partial charge is 0.497 e. The van der Waals surface area contributed by atoms with Crippen LogP contribution in [0.4, 0.5) is 11.4 Å². The van der Waals surface area contributed by atoms with Crippen molar-refractivity contribution < 1.29 is 14.3 Å². The van der Waals surface area contributed by atoms with E-state index in [1.807, 2.05) is 89.6 Å². The zero-order valence-corrected chi connectivity index (χ0v) is 20.5. The van der Waals surface area contributed by atoms with Crippen LogP contribution in [0, 0.1) is 0 Å². The van der Waals surface area contributed by atoms with Crippen LogP contribution in [0.2, 0.25) is 0 Å². The van der Waals surface area contributed by atoms with E-state index in [0.29, 0.717) is 12.1 Å². The fourth-order valence-electron chi connectivity index (χ4n) is 4.78. The molecule has 0 bridgehead atoms. The minimum atomic E-state index is -0.437. The number of amides is 1. The normalized spacial score (nSPS) is 14.8. The monoisotopic (exact) mass is 491 g/mol. The van der Waals surface area contributed by atoms with Crippen LogP contribution < -0.4 is 19.7 Å². The number of carbonyl (C=O) groups excluding carboxylic acids is 1. The SMILES string of the molecule is COc1ccc(N2C(=O)c3ccccc3N[C@H]2c2ccc(OC)c(Cn3nnc4ccccc43)c2)cc1. The van der Waals surface area contributed by atoms with Crippen LogP contribution in [0.3, 0.4) is 0 Å². The number of aromatic nitrogens is 3. The van der Waals surface area contributed by atoms with Gasteiger partial charge in [-0.05, 0) is 66.2 Å². The number of hydrogen-bond acceptors (Lipinski definition) is 6. The average molecular weight is 492 g/mol. The lowest BCUT2D eigenvalue weighted by Crippen LogP contribution is -2.43. The standard InChI is InChI=1S/C29H25N5O3/c1-36-22-14-12-21(13-15-22)34-28(30-24-8-4-3-7-23(24)29(34)35)19-11-16-27(37-2)20(17-19)18-33-26-10-6-5-9-25(26)31-32-33/h3-17,28,30H,18H2,1-2H3/t28-/m1/s1. The van der Waals surface area contributed by atoms with Crippen molar-refractivity contribution in [1.82, 2.24) is 15.0 Å². The summed E-state index contributed by atoms with van der Waals surface area (Å²) in [7, 11) is 3.28. The van der Waals surface area contributed by atoms with E-state index < -0.39 is 6.17 Å². The second-order valence-corrected chi connectivity index (χ2v) is 8.77. The van der Waals surface area contributed by atoms with Gasteiger partial charge in [0.25, 0.3) is 5.91 Å². The second-order valence-electron chi connectivity index (χ2n) is 8.77. The summed E-state index contributed by atoms with van der Waals surface area (Å²) >= 11 is 0. The highest BCUT2D eigenvalue weighted by Crippen LogP contribution is 2.38. The molecule has 0 saturated heterocycles. The number of rotatable bonds is 6. The number of carbonyl (C=O) groups is 1. The summed E-state index contributed by atoms with van der Waals surface area (Å²) in [5.74, 6) is 1.39. The Balaban J connectivity index is 1.44. The number of nitrogens with one attached hydrogen (secondary N) is 1. The predicted molar refractivity (Wildman–Crippen MR) is 142 cm³/mol. The van der Waals surface area contributed by atoms with E-state index in [1.165, 1.54) is 0 Å². The Labute approximate surface area is 214 Å². The van der Waals surface area contributed by atoms with Crippen LogP contribution in [0.1, 0.15) is 27.7 Å². The molecule has 184 valence electrons. The van der Waals surface area contributed by atoms with E-state index in [1.54, 1.807) is 19.1 Å². The fraction of sp³-hybridized carbons (Fsp3) is 0.138. The highest BCUT2D eigenvalue weighted by atomic mass is 16.5. The van der Waals surface area contributed by atoms with E-state index >= 15 is 0 Å². The smallest absolute Gasteiger partial charge is 0.262 e. The molecule has 0 fully saturated rings. The summed E-state index contributed by atoms with van der Waals surface area (Å²) in [5.41, 5.74) is 5.79. The Bertz CT molecular complexity index is 1600. The summed E-state index contributed by atoms with van der Waals surface area (Å²) in [6, 6.07) is 28.9. The molecule has 1 amide bonds. The lowest BCUT2D eigenvalue weighted by Gasteiger charge is -2.38. The fourth-order valence-corrected chi connectivity index (χ4v) is 4.78. The van der Waals surface area contributed by atoms with Gasteiger partial charge in [-0.2, -0.15) is 0 Å². The van der Waals surface area contributed by atoms with Crippen LogP contribution in [-0.4, -0.2) is 35.1 Å². The Kier molecular flexibility index (Phi) is 5.69. The summed E-state index contributed by atoms with van der Waals surface area (Å²) in [6.45, 7) is 0.470. The Hall–Kier alpha value is -4.85. The van der Waals surface area contributed by atoms with Crippen LogP contribution >= 0.6 is 0 Å². The Morgan fingerprint density at radius 3 is 2.49 bits per heavy atom. The lowest BCUT2D eigenvalue weighted by atomic mass is 10.0. The first-order valence-corrected chi connectivity index (χ1v) is 11.9. The van der Waals surface area contributed by atoms with Gasteiger partial charge < -0.3 is 14.8 Å². The second kappa shape index (κ2) is 9.31. The average Bonchev–Trinajstić information content (AvgIpc) is 3.36. The summed E-state index contributed by atoms with van der Waals surface area (Å²) in [5, 5.41) is 12.2. The molecule has 1 aliphatic heterocycles. The maximum atomic E-state index is 13.8. The molecule has 1 aromatic heterocycles. The van der Waals surface area contributed by atoms with Crippen LogP contribution in [-0.2, 0) is 6.54 Å². The van der Waals surface area contributed by atoms with Gasteiger partial charge >= 0.3 is 0 Å². The molecule has 0 unspecified atom stereocenters. The molecule has 1 atom stereocenters. The van der Waals surface area contributed by atoms with Crippen molar-refractivity contribution in [2.24, 2.45) is 0 Å². The maximum Gasteiger partial charge on any atom is 0.262 e. The van der Waals surface area contributed by atoms with Gasteiger partial charge in [-0.25, -0.2) is 4.68 Å². The topological polar surface area (TPSA) is 81.5 Å². The number of ether oxygens (including phenoxy) is 2. The van der Waals surface area contributed by atoms with Gasteiger partial charge in [-0.15, -0.1) is 5.10 Å². The van der Waals surface area contributed by atoms with Gasteiger partial charge in [0.1, 0.15) is 23.2 Å². The van der Waals surface area contributed by atoms with Gasteiger partial charge in [0.2, 0.25) is 0 Å². The molecule has 1 aliphatic rings. The van der Waals surface area contributed by atoms with E-state index in [9.17, 15) is 4.79 Å². The highest BCUT2D eigenvalue weighted by molar-refractivity contribution is 6.12. The van der Waals surface area contributed by atoms with Crippen LogP contribution in [0.25, 0.3) is 11.0 Å². The summed E-state index contributed by atoms with van der Waals surface area (Å²) in [6.07, 6.45) is -0.437. The first kappa shape index (κ1) is 22.6. The Morgan fingerprint density at radius 2 is 1.68 bits per heavy atom. The van der Waals surface area contributed by atoms with Crippen LogP contribution in [0.15, 0.2) is 91.0 Å². The van der Waals surface area contributed by atoms with E-state index in [0.717, 1.165) is 45.0 Å². The van der Waals surface area contributed by atoms with E-state index in [-0.39, 0.29) is 5.91 Å². The molecule has 8 nitrogen and oxygen atoms in total. The number of fused-ring (bicyclic) bond motifs is 2. The summed E-state index contributed by atoms with van der Waals surface area (Å²) in [4.78, 5) is 15.5. The number of hydrogen-bond donors (Lipinski definition) is 1. The molecule has 37 heavy (non-hydrogen) atoms. The zero-order valence-electron chi connectivity index (χ0n) is 20.5. The third kappa shape index (κ3) is 4.02. The molecular weight excluding hydrogens is 466 g/mol. The number of anilines is 2. The van der Waals surface area contributed by atoms with Gasteiger partial charge in [-0.3, -0.25) is 9.69 Å². The van der Waals surface area contributed by atoms with Gasteiger partial charge in [0, 0.05) is 16.9 Å². The minimum absolute atomic E-state index is 0.0795. The molecule has 8 heteroatoms. The quantitative estimate of drug-likeness (QED) is 0.349. The zero-order chi connectivity index (χ0) is 25.4. The van der Waals surface area contributed by atoms with Crippen LogP contribution in [0.5, 0.6) is 11.5 Å². The van der Waals surface area contributed by atoms with E-state index in [4.69, 9.17) is 9.47 Å². The molecule has 0 saturated carbocycles. The van der Waals surface area contributed by atoms with Gasteiger partial charge in [0.15, 0.2) is 0 Å². The number of nitrogens with zero attached hydrogens (tertiary/aromatic N) is 4. The van der Waals surface area contributed by atoms with Gasteiger partial charge in [0.05, 0.1) is 31.8 Å². The van der Waals surface area contributed by atoms with Gasteiger partial charge in [-0.1, -0.05) is 35.5 Å². The van der Waals surface area contributed by atoms with E-state index in [2.05, 4.69) is 21.7 Å². The van der Waals surface area contributed by atoms with Crippen molar-refractivity contribution in [1.29, 1.82) is 0 Å². The molecule has 0 aliphatic carbocycles. The van der Waals surface area contributed by atoms with Crippen molar-refractivity contribution in [3.8, 4) is 11.5 Å². The molecule has 6 rings (SSSR count). The molecular formula is C29H25N5O3. The third-order valence-corrected chi connectivity index (χ3v) is 6.64. The number of methoxy groups -OCH3 is 2. The molecule has 0 spiro atoms. The molecule has 1 N–H and O–H groups in total. The summed E-state index contributed by atoms with van der Waals surface area (Å²) < 4.78 is 12.9. The molecule has 0 radical (unpaired) electrons. The van der Waals surface area contributed by atoms with Crippen molar-refractivity contribution >= 4 is 28.3 Å². The predicted octanol–water partition coefficient (Wildman–Crippen LogP) is 5.27. The third-order valence-electron chi connectivity index (χ3n) is 6.64. The number of benzene rings is 4. The van der Waals surface area contributed by atoms with Crippen molar-refractivity contribution in [2.45, 2.75) is 12.7 Å². The van der Waals surface area contributed by atoms with Crippen molar-refractivity contribution in [3.63, 3.8) is 0 Å². The van der Waals surface area contributed by atoms with Crippen molar-refractivity contribution in [3.05, 3.63) is 108 Å². The lowest BCUT2D eigenvalue weighted by molar-refractivity contribution is 0.0975. The molecule has 5 aromatic rings. The Morgan fingerprint density at radius 1 is 0.892 bits per heavy atom. The van der Waals surface area contributed by atoms with Crippen molar-refractivity contribution in [2.75, 3.05) is 24.4 Å². The maximum absolute atomic E-state index is 13.8. The number of para-hydroxylation sites is 2. The first-order valence-electron chi connectivity index (χ1n) is 11.9.